The van der Waals surface area contributed by atoms with Crippen molar-refractivity contribution in [1.29, 1.82) is 0 Å². The van der Waals surface area contributed by atoms with Gasteiger partial charge in [-0.3, -0.25) is 4.79 Å². The Bertz CT molecular complexity index is 1070. The van der Waals surface area contributed by atoms with Crippen LogP contribution in [0.2, 0.25) is 0 Å². The average molecular weight is 403 g/mol. The van der Waals surface area contributed by atoms with Crippen LogP contribution in [0.5, 0.6) is 0 Å². The standard InChI is InChI=1S/C24H25N3O3/c1-4-30-24(29)20-11-8-12-22(15-20)27-17(2)13-21(18(27)3)16-25-26-23(28)14-19-9-6-5-7-10-19/h5-13,15-16H,4,14H2,1-3H3,(H,26,28)/b25-16+. The summed E-state index contributed by atoms with van der Waals surface area (Å²) in [6, 6.07) is 18.8. The SMILES string of the molecule is CCOC(=O)c1cccc(-n2c(C)cc(/C=N/NC(=O)Cc3ccccc3)c2C)c1. The van der Waals surface area contributed by atoms with Crippen molar-refractivity contribution in [3.8, 4) is 5.69 Å². The van der Waals surface area contributed by atoms with Crippen molar-refractivity contribution in [2.45, 2.75) is 27.2 Å². The van der Waals surface area contributed by atoms with E-state index in [1.807, 2.05) is 66.9 Å². The van der Waals surface area contributed by atoms with Gasteiger partial charge in [0.05, 0.1) is 24.8 Å². The van der Waals surface area contributed by atoms with E-state index in [9.17, 15) is 9.59 Å². The molecule has 0 saturated heterocycles. The fourth-order valence-electron chi connectivity index (χ4n) is 3.30. The second-order valence-electron chi connectivity index (χ2n) is 6.89. The number of carbonyl (C=O) groups excluding carboxylic acids is 2. The van der Waals surface area contributed by atoms with Crippen LogP contribution in [0.25, 0.3) is 5.69 Å². The third-order valence-electron chi connectivity index (χ3n) is 4.69. The Morgan fingerprint density at radius 3 is 2.57 bits per heavy atom. The molecule has 30 heavy (non-hydrogen) atoms. The maximum Gasteiger partial charge on any atom is 0.338 e. The second-order valence-corrected chi connectivity index (χ2v) is 6.89. The van der Waals surface area contributed by atoms with E-state index in [4.69, 9.17) is 4.74 Å². The maximum atomic E-state index is 12.1. The fourth-order valence-corrected chi connectivity index (χ4v) is 3.30. The van der Waals surface area contributed by atoms with Gasteiger partial charge in [0.15, 0.2) is 0 Å². The van der Waals surface area contributed by atoms with Gasteiger partial charge in [0.1, 0.15) is 0 Å². The van der Waals surface area contributed by atoms with Crippen LogP contribution in [0.3, 0.4) is 0 Å². The summed E-state index contributed by atoms with van der Waals surface area (Å²) in [7, 11) is 0. The number of aromatic nitrogens is 1. The number of ether oxygens (including phenoxy) is 1. The van der Waals surface area contributed by atoms with Gasteiger partial charge in [0.2, 0.25) is 5.91 Å². The topological polar surface area (TPSA) is 72.7 Å². The number of amides is 1. The Morgan fingerprint density at radius 1 is 1.07 bits per heavy atom. The van der Waals surface area contributed by atoms with Crippen LogP contribution in [0, 0.1) is 13.8 Å². The Hall–Kier alpha value is -3.67. The third kappa shape index (κ3) is 5.03. The molecule has 1 heterocycles. The summed E-state index contributed by atoms with van der Waals surface area (Å²) in [4.78, 5) is 24.1. The number of hydrazone groups is 1. The fraction of sp³-hybridized carbons (Fsp3) is 0.208. The van der Waals surface area contributed by atoms with E-state index in [1.165, 1.54) is 0 Å². The van der Waals surface area contributed by atoms with Crippen LogP contribution in [0.15, 0.2) is 65.8 Å². The number of nitrogens with zero attached hydrogens (tertiary/aromatic N) is 2. The molecule has 1 N–H and O–H groups in total. The number of aryl methyl sites for hydroxylation is 1. The quantitative estimate of drug-likeness (QED) is 0.369. The van der Waals surface area contributed by atoms with Gasteiger partial charge in [-0.1, -0.05) is 36.4 Å². The van der Waals surface area contributed by atoms with Crippen molar-refractivity contribution in [2.24, 2.45) is 5.10 Å². The number of esters is 1. The van der Waals surface area contributed by atoms with Gasteiger partial charge in [0, 0.05) is 22.6 Å². The summed E-state index contributed by atoms with van der Waals surface area (Å²) in [6.45, 7) is 6.07. The van der Waals surface area contributed by atoms with Crippen molar-refractivity contribution in [3.05, 3.63) is 88.7 Å². The highest BCUT2D eigenvalue weighted by Crippen LogP contribution is 2.21. The molecule has 0 aliphatic rings. The van der Waals surface area contributed by atoms with Crippen LogP contribution in [-0.4, -0.2) is 29.3 Å². The second kappa shape index (κ2) is 9.69. The summed E-state index contributed by atoms with van der Waals surface area (Å²) >= 11 is 0. The minimum absolute atomic E-state index is 0.173. The van der Waals surface area contributed by atoms with E-state index in [1.54, 1.807) is 25.3 Å². The predicted molar refractivity (Wildman–Crippen MR) is 117 cm³/mol. The Morgan fingerprint density at radius 2 is 1.83 bits per heavy atom. The predicted octanol–water partition coefficient (Wildman–Crippen LogP) is 3.96. The summed E-state index contributed by atoms with van der Waals surface area (Å²) < 4.78 is 7.13. The van der Waals surface area contributed by atoms with Gasteiger partial charge < -0.3 is 9.30 Å². The van der Waals surface area contributed by atoms with Gasteiger partial charge in [0.25, 0.3) is 0 Å². The molecule has 3 rings (SSSR count). The van der Waals surface area contributed by atoms with Crippen LogP contribution >= 0.6 is 0 Å². The minimum Gasteiger partial charge on any atom is -0.462 e. The van der Waals surface area contributed by atoms with E-state index in [2.05, 4.69) is 10.5 Å². The molecular weight excluding hydrogens is 378 g/mol. The zero-order valence-electron chi connectivity index (χ0n) is 17.4. The highest BCUT2D eigenvalue weighted by atomic mass is 16.5. The molecule has 0 saturated carbocycles. The van der Waals surface area contributed by atoms with Gasteiger partial charge in [-0.25, -0.2) is 10.2 Å². The third-order valence-corrected chi connectivity index (χ3v) is 4.69. The Balaban J connectivity index is 1.74. The van der Waals surface area contributed by atoms with Crippen molar-refractivity contribution in [2.75, 3.05) is 6.61 Å². The summed E-state index contributed by atoms with van der Waals surface area (Å²) in [5, 5.41) is 4.10. The van der Waals surface area contributed by atoms with E-state index >= 15 is 0 Å². The zero-order valence-corrected chi connectivity index (χ0v) is 17.4. The number of carbonyl (C=O) groups is 2. The summed E-state index contributed by atoms with van der Waals surface area (Å²) in [6.07, 6.45) is 1.91. The molecular formula is C24H25N3O3. The van der Waals surface area contributed by atoms with Crippen LogP contribution in [-0.2, 0) is 16.0 Å². The Labute approximate surface area is 176 Å². The van der Waals surface area contributed by atoms with Crippen LogP contribution in [0.1, 0.15) is 39.8 Å². The molecule has 6 heteroatoms. The number of rotatable bonds is 7. The van der Waals surface area contributed by atoms with E-state index < -0.39 is 0 Å². The monoisotopic (exact) mass is 403 g/mol. The molecule has 2 aromatic carbocycles. The number of benzene rings is 2. The first kappa shape index (κ1) is 21.0. The largest absolute Gasteiger partial charge is 0.462 e. The first-order valence-electron chi connectivity index (χ1n) is 9.82. The van der Waals surface area contributed by atoms with Gasteiger partial charge >= 0.3 is 5.97 Å². The number of hydrogen-bond donors (Lipinski definition) is 1. The highest BCUT2D eigenvalue weighted by Gasteiger charge is 2.12. The first-order valence-corrected chi connectivity index (χ1v) is 9.82. The molecule has 0 aliphatic carbocycles. The lowest BCUT2D eigenvalue weighted by atomic mass is 10.1. The van der Waals surface area contributed by atoms with Crippen molar-refractivity contribution in [3.63, 3.8) is 0 Å². The molecule has 1 amide bonds. The maximum absolute atomic E-state index is 12.1. The summed E-state index contributed by atoms with van der Waals surface area (Å²) in [5.74, 6) is -0.516. The lowest BCUT2D eigenvalue weighted by Gasteiger charge is -2.11. The van der Waals surface area contributed by atoms with Crippen LogP contribution < -0.4 is 5.43 Å². The van der Waals surface area contributed by atoms with E-state index in [-0.39, 0.29) is 18.3 Å². The lowest BCUT2D eigenvalue weighted by Crippen LogP contribution is -2.19. The first-order chi connectivity index (χ1) is 14.5. The number of nitrogens with one attached hydrogen (secondary N) is 1. The van der Waals surface area contributed by atoms with Gasteiger partial charge in [-0.15, -0.1) is 0 Å². The molecule has 6 nitrogen and oxygen atoms in total. The average Bonchev–Trinajstić information content (AvgIpc) is 3.02. The van der Waals surface area contributed by atoms with Crippen LogP contribution in [0.4, 0.5) is 0 Å². The summed E-state index contributed by atoms with van der Waals surface area (Å²) in [5.41, 5.74) is 7.71. The smallest absolute Gasteiger partial charge is 0.338 e. The van der Waals surface area contributed by atoms with E-state index in [0.29, 0.717) is 12.2 Å². The molecule has 3 aromatic rings. The zero-order chi connectivity index (χ0) is 21.5. The molecule has 0 bridgehead atoms. The van der Waals surface area contributed by atoms with Gasteiger partial charge in [-0.05, 0) is 50.6 Å². The van der Waals surface area contributed by atoms with E-state index in [0.717, 1.165) is 28.2 Å². The molecule has 154 valence electrons. The van der Waals surface area contributed by atoms with Crippen molar-refractivity contribution >= 4 is 18.1 Å². The van der Waals surface area contributed by atoms with Gasteiger partial charge in [-0.2, -0.15) is 5.10 Å². The molecule has 0 fully saturated rings. The van der Waals surface area contributed by atoms with Crippen molar-refractivity contribution in [1.82, 2.24) is 9.99 Å². The molecule has 0 unspecified atom stereocenters. The minimum atomic E-state index is -0.343. The molecule has 0 radical (unpaired) electrons. The molecule has 0 atom stereocenters. The number of hydrogen-bond acceptors (Lipinski definition) is 4. The Kier molecular flexibility index (Phi) is 6.80. The molecule has 0 aliphatic heterocycles. The molecule has 1 aromatic heterocycles. The lowest BCUT2D eigenvalue weighted by molar-refractivity contribution is -0.120. The normalized spacial score (nSPS) is 10.9. The molecule has 0 spiro atoms. The van der Waals surface area contributed by atoms with Crippen molar-refractivity contribution < 1.29 is 14.3 Å². The highest BCUT2D eigenvalue weighted by molar-refractivity contribution is 5.90.